The summed E-state index contributed by atoms with van der Waals surface area (Å²) in [6.45, 7) is 3.32. The third-order valence-electron chi connectivity index (χ3n) is 4.17. The number of rotatable bonds is 7. The second-order valence-corrected chi connectivity index (χ2v) is 7.27. The lowest BCUT2D eigenvalue weighted by molar-refractivity contribution is 0.292. The van der Waals surface area contributed by atoms with Crippen LogP contribution in [0.25, 0.3) is 0 Å². The molecule has 1 aromatic carbocycles. The molecule has 1 saturated carbocycles. The van der Waals surface area contributed by atoms with Crippen molar-refractivity contribution in [2.45, 2.75) is 28.7 Å². The fraction of sp³-hybridized carbons (Fsp3) is 0.389. The molecule has 22 heavy (non-hydrogen) atoms. The van der Waals surface area contributed by atoms with Gasteiger partial charge in [0.05, 0.1) is 6.04 Å². The highest BCUT2D eigenvalue weighted by Crippen LogP contribution is 2.34. The Morgan fingerprint density at radius 3 is 2.50 bits per heavy atom. The molecule has 1 aliphatic heterocycles. The maximum atomic E-state index is 5.91. The van der Waals surface area contributed by atoms with Crippen LogP contribution in [-0.4, -0.2) is 35.6 Å². The summed E-state index contributed by atoms with van der Waals surface area (Å²) in [5.41, 5.74) is 0. The molecule has 3 nitrogen and oxygen atoms in total. The molecule has 1 saturated heterocycles. The molecule has 114 valence electrons. The van der Waals surface area contributed by atoms with Crippen molar-refractivity contribution in [1.29, 1.82) is 0 Å². The topological polar surface area (TPSA) is 25.1 Å². The van der Waals surface area contributed by atoms with Gasteiger partial charge in [-0.3, -0.25) is 9.88 Å². The Morgan fingerprint density at radius 1 is 1.05 bits per heavy atom. The van der Waals surface area contributed by atoms with Crippen molar-refractivity contribution in [2.75, 3.05) is 19.7 Å². The number of hydrogen-bond acceptors (Lipinski definition) is 4. The van der Waals surface area contributed by atoms with E-state index in [1.54, 1.807) is 11.8 Å². The van der Waals surface area contributed by atoms with Crippen molar-refractivity contribution in [3.05, 3.63) is 48.8 Å². The lowest BCUT2D eigenvalue weighted by atomic mass is 10.3. The molecular formula is C18H20N2OS. The minimum absolute atomic E-state index is 0.645. The number of nitrogens with zero attached hydrogens (tertiary/aromatic N) is 2. The van der Waals surface area contributed by atoms with E-state index in [9.17, 15) is 0 Å². The van der Waals surface area contributed by atoms with Gasteiger partial charge in [-0.15, -0.1) is 0 Å². The van der Waals surface area contributed by atoms with E-state index < -0.39 is 0 Å². The van der Waals surface area contributed by atoms with Crippen LogP contribution >= 0.6 is 11.8 Å². The summed E-state index contributed by atoms with van der Waals surface area (Å²) in [7, 11) is 0. The van der Waals surface area contributed by atoms with E-state index in [0.717, 1.165) is 18.3 Å². The van der Waals surface area contributed by atoms with E-state index in [0.29, 0.717) is 6.04 Å². The molecule has 0 bridgehead atoms. The first-order chi connectivity index (χ1) is 10.9. The standard InChI is InChI=1S/C18H20N2OS/c1-2-14(1)11-20-12-15(20)13-21-16-3-5-17(6-4-16)22-18-7-9-19-10-8-18/h3-10,14-15H,1-2,11-13H2. The van der Waals surface area contributed by atoms with Gasteiger partial charge in [0.2, 0.25) is 0 Å². The average molecular weight is 312 g/mol. The summed E-state index contributed by atoms with van der Waals surface area (Å²) in [4.78, 5) is 9.00. The van der Waals surface area contributed by atoms with Gasteiger partial charge >= 0.3 is 0 Å². The Balaban J connectivity index is 1.25. The number of ether oxygens (including phenoxy) is 1. The lowest BCUT2D eigenvalue weighted by Crippen LogP contribution is -2.12. The van der Waals surface area contributed by atoms with Crippen molar-refractivity contribution >= 4 is 11.8 Å². The summed E-state index contributed by atoms with van der Waals surface area (Å²) < 4.78 is 5.91. The summed E-state index contributed by atoms with van der Waals surface area (Å²) >= 11 is 1.74. The lowest BCUT2D eigenvalue weighted by Gasteiger charge is -2.07. The number of hydrogen-bond donors (Lipinski definition) is 0. The smallest absolute Gasteiger partial charge is 0.119 e. The molecule has 0 radical (unpaired) electrons. The summed E-state index contributed by atoms with van der Waals surface area (Å²) in [6.07, 6.45) is 6.51. The zero-order valence-corrected chi connectivity index (χ0v) is 13.3. The first-order valence-corrected chi connectivity index (χ1v) is 8.73. The third kappa shape index (κ3) is 3.81. The second kappa shape index (κ2) is 6.31. The molecule has 1 aromatic heterocycles. The minimum Gasteiger partial charge on any atom is -0.492 e. The van der Waals surface area contributed by atoms with Crippen molar-refractivity contribution in [1.82, 2.24) is 9.88 Å². The van der Waals surface area contributed by atoms with E-state index in [1.807, 2.05) is 24.5 Å². The molecule has 2 heterocycles. The van der Waals surface area contributed by atoms with Crippen LogP contribution in [0.1, 0.15) is 12.8 Å². The van der Waals surface area contributed by atoms with Gasteiger partial charge in [-0.1, -0.05) is 11.8 Å². The average Bonchev–Trinajstić information content (AvgIpc) is 3.47. The molecule has 2 aromatic rings. The van der Waals surface area contributed by atoms with E-state index in [2.05, 4.69) is 34.1 Å². The van der Waals surface area contributed by atoms with Gasteiger partial charge in [0.1, 0.15) is 12.4 Å². The molecule has 0 amide bonds. The summed E-state index contributed by atoms with van der Waals surface area (Å²) in [5, 5.41) is 0. The molecule has 2 aliphatic rings. The highest BCUT2D eigenvalue weighted by atomic mass is 32.2. The van der Waals surface area contributed by atoms with Gasteiger partial charge in [-0.05, 0) is 55.2 Å². The largest absolute Gasteiger partial charge is 0.492 e. The van der Waals surface area contributed by atoms with Crippen LogP contribution in [0.3, 0.4) is 0 Å². The predicted octanol–water partition coefficient (Wildman–Crippen LogP) is 3.71. The van der Waals surface area contributed by atoms with Crippen molar-refractivity contribution in [3.8, 4) is 5.75 Å². The van der Waals surface area contributed by atoms with Crippen LogP contribution in [-0.2, 0) is 0 Å². The summed E-state index contributed by atoms with van der Waals surface area (Å²) in [5.74, 6) is 1.95. The van der Waals surface area contributed by atoms with Crippen LogP contribution in [0.4, 0.5) is 0 Å². The number of benzene rings is 1. The minimum atomic E-state index is 0.645. The van der Waals surface area contributed by atoms with Gasteiger partial charge in [-0.2, -0.15) is 0 Å². The van der Waals surface area contributed by atoms with Crippen LogP contribution in [0.5, 0.6) is 5.75 Å². The molecule has 2 unspecified atom stereocenters. The van der Waals surface area contributed by atoms with Crippen LogP contribution in [0.2, 0.25) is 0 Å². The van der Waals surface area contributed by atoms with Crippen molar-refractivity contribution in [3.63, 3.8) is 0 Å². The molecule has 2 fully saturated rings. The highest BCUT2D eigenvalue weighted by Gasteiger charge is 2.38. The maximum Gasteiger partial charge on any atom is 0.119 e. The molecule has 0 spiro atoms. The molecule has 4 rings (SSSR count). The highest BCUT2D eigenvalue weighted by molar-refractivity contribution is 7.99. The fourth-order valence-electron chi connectivity index (χ4n) is 2.58. The Bertz CT molecular complexity index is 613. The van der Waals surface area contributed by atoms with Gasteiger partial charge in [0.15, 0.2) is 0 Å². The van der Waals surface area contributed by atoms with Gasteiger partial charge in [0.25, 0.3) is 0 Å². The van der Waals surface area contributed by atoms with Gasteiger partial charge < -0.3 is 4.74 Å². The fourth-order valence-corrected chi connectivity index (χ4v) is 3.38. The van der Waals surface area contributed by atoms with E-state index >= 15 is 0 Å². The van der Waals surface area contributed by atoms with E-state index in [4.69, 9.17) is 4.74 Å². The van der Waals surface area contributed by atoms with Crippen LogP contribution in [0, 0.1) is 5.92 Å². The van der Waals surface area contributed by atoms with E-state index in [-0.39, 0.29) is 0 Å². The SMILES string of the molecule is c1cc(Sc2ccc(OCC3CN3CC3CC3)cc2)ccn1. The Hall–Kier alpha value is -1.52. The summed E-state index contributed by atoms with van der Waals surface area (Å²) in [6, 6.07) is 13.1. The Labute approximate surface area is 135 Å². The van der Waals surface area contributed by atoms with Crippen LogP contribution < -0.4 is 4.74 Å². The molecule has 0 N–H and O–H groups in total. The normalized spacial score (nSPS) is 23.3. The van der Waals surface area contributed by atoms with Gasteiger partial charge in [-0.25, -0.2) is 0 Å². The predicted molar refractivity (Wildman–Crippen MR) is 88.4 cm³/mol. The zero-order chi connectivity index (χ0) is 14.8. The van der Waals surface area contributed by atoms with E-state index in [1.165, 1.54) is 35.7 Å². The zero-order valence-electron chi connectivity index (χ0n) is 12.5. The molecule has 4 heteroatoms. The first-order valence-electron chi connectivity index (χ1n) is 7.91. The Morgan fingerprint density at radius 2 is 1.77 bits per heavy atom. The van der Waals surface area contributed by atoms with Gasteiger partial charge in [0, 0.05) is 35.3 Å². The molecule has 2 atom stereocenters. The monoisotopic (exact) mass is 312 g/mol. The second-order valence-electron chi connectivity index (χ2n) is 6.12. The number of pyridine rings is 1. The quantitative estimate of drug-likeness (QED) is 0.728. The number of aromatic nitrogens is 1. The third-order valence-corrected chi connectivity index (χ3v) is 5.18. The maximum absolute atomic E-state index is 5.91. The molecular weight excluding hydrogens is 292 g/mol. The first kappa shape index (κ1) is 14.1. The molecule has 1 aliphatic carbocycles. The van der Waals surface area contributed by atoms with Crippen molar-refractivity contribution < 1.29 is 4.74 Å². The Kier molecular flexibility index (Phi) is 4.04. The van der Waals surface area contributed by atoms with Crippen molar-refractivity contribution in [2.24, 2.45) is 5.92 Å². The van der Waals surface area contributed by atoms with Crippen LogP contribution in [0.15, 0.2) is 58.6 Å².